The van der Waals surface area contributed by atoms with Crippen molar-refractivity contribution in [2.45, 2.75) is 6.10 Å². The lowest BCUT2D eigenvalue weighted by Crippen LogP contribution is -2.41. The molecule has 1 aliphatic heterocycles. The van der Waals surface area contributed by atoms with E-state index in [-0.39, 0.29) is 40.2 Å². The minimum absolute atomic E-state index is 0.0206. The van der Waals surface area contributed by atoms with Gasteiger partial charge in [0.05, 0.1) is 30.6 Å². The predicted octanol–water partition coefficient (Wildman–Crippen LogP) is 3.33. The number of anilines is 1. The van der Waals surface area contributed by atoms with Crippen LogP contribution in [-0.2, 0) is 9.53 Å². The summed E-state index contributed by atoms with van der Waals surface area (Å²) in [4.78, 5) is 22.4. The summed E-state index contributed by atoms with van der Waals surface area (Å²) in [6.07, 6.45) is 0.0640. The Bertz CT molecular complexity index is 1420. The molecular weight excluding hydrogens is 477 g/mol. The van der Waals surface area contributed by atoms with Crippen molar-refractivity contribution < 1.29 is 23.8 Å². The Hall–Kier alpha value is -3.73. The van der Waals surface area contributed by atoms with Crippen LogP contribution in [0.25, 0.3) is 22.2 Å². The smallest absolute Gasteiger partial charge is 0.253 e. The number of halogens is 2. The number of nitrogens with zero attached hydrogens (tertiary/aromatic N) is 5. The van der Waals surface area contributed by atoms with E-state index in [2.05, 4.69) is 20.2 Å². The molecule has 0 aliphatic carbocycles. The molecule has 1 saturated heterocycles. The Morgan fingerprint density at radius 1 is 1.17 bits per heavy atom. The molecule has 1 aliphatic rings. The fourth-order valence-electron chi connectivity index (χ4n) is 3.92. The Balaban J connectivity index is 1.56. The standard InChI is InChI=1S/C24H19ClFN5O4/c1-34-21-5-4-19(29-30-21)24(33)15-9-16(18(26)10-17(15)25)23-14-3-2-13(8-20(14)27-12-28-23)31-6-7-35-11-22(31)32/h2-5,8-10,12,24,33H,6-7,11H2,1H3. The van der Waals surface area contributed by atoms with Gasteiger partial charge in [-0.2, -0.15) is 0 Å². The summed E-state index contributed by atoms with van der Waals surface area (Å²) in [6, 6.07) is 10.9. The molecule has 9 nitrogen and oxygen atoms in total. The number of methoxy groups -OCH3 is 1. The molecular formula is C24H19ClFN5O4. The summed E-state index contributed by atoms with van der Waals surface area (Å²) in [6.45, 7) is 0.898. The summed E-state index contributed by atoms with van der Waals surface area (Å²) < 4.78 is 25.3. The number of aliphatic hydroxyl groups excluding tert-OH is 1. The molecule has 2 aromatic heterocycles. The summed E-state index contributed by atoms with van der Waals surface area (Å²) in [5, 5.41) is 19.3. The minimum Gasteiger partial charge on any atom is -0.480 e. The van der Waals surface area contributed by atoms with Gasteiger partial charge < -0.3 is 19.5 Å². The summed E-state index contributed by atoms with van der Waals surface area (Å²) in [5.74, 6) is -0.467. The average molecular weight is 496 g/mol. The molecule has 0 spiro atoms. The van der Waals surface area contributed by atoms with Gasteiger partial charge >= 0.3 is 0 Å². The first-order valence-corrected chi connectivity index (χ1v) is 11.0. The first-order chi connectivity index (χ1) is 17.0. The van der Waals surface area contributed by atoms with Gasteiger partial charge in [-0.05, 0) is 36.4 Å². The highest BCUT2D eigenvalue weighted by atomic mass is 35.5. The number of morpholine rings is 1. The van der Waals surface area contributed by atoms with Crippen molar-refractivity contribution in [1.29, 1.82) is 0 Å². The zero-order chi connectivity index (χ0) is 24.5. The molecule has 5 rings (SSSR count). The molecule has 1 unspecified atom stereocenters. The van der Waals surface area contributed by atoms with Crippen LogP contribution in [0.3, 0.4) is 0 Å². The second-order valence-electron chi connectivity index (χ2n) is 7.78. The Morgan fingerprint density at radius 2 is 2.03 bits per heavy atom. The maximum Gasteiger partial charge on any atom is 0.253 e. The maximum atomic E-state index is 15.1. The maximum absolute atomic E-state index is 15.1. The fraction of sp³-hybridized carbons (Fsp3) is 0.208. The average Bonchev–Trinajstić information content (AvgIpc) is 2.88. The monoisotopic (exact) mass is 495 g/mol. The largest absolute Gasteiger partial charge is 0.480 e. The number of aromatic nitrogens is 4. The van der Waals surface area contributed by atoms with Crippen molar-refractivity contribution in [3.05, 3.63) is 70.9 Å². The van der Waals surface area contributed by atoms with Crippen molar-refractivity contribution in [2.75, 3.05) is 31.8 Å². The number of carbonyl (C=O) groups excluding carboxylic acids is 1. The SMILES string of the molecule is COc1ccc(C(O)c2cc(-c3ncnc4cc(N5CCOCC5=O)ccc34)c(F)cc2Cl)nn1. The molecule has 1 N–H and O–H groups in total. The van der Waals surface area contributed by atoms with E-state index in [1.165, 1.54) is 19.5 Å². The highest BCUT2D eigenvalue weighted by molar-refractivity contribution is 6.31. The van der Waals surface area contributed by atoms with Gasteiger partial charge in [0.15, 0.2) is 0 Å². The second-order valence-corrected chi connectivity index (χ2v) is 8.19. The van der Waals surface area contributed by atoms with Gasteiger partial charge in [0.2, 0.25) is 5.88 Å². The fourth-order valence-corrected chi connectivity index (χ4v) is 4.17. The predicted molar refractivity (Wildman–Crippen MR) is 126 cm³/mol. The highest BCUT2D eigenvalue weighted by Gasteiger charge is 2.23. The van der Waals surface area contributed by atoms with Crippen LogP contribution >= 0.6 is 11.6 Å². The zero-order valence-corrected chi connectivity index (χ0v) is 19.2. The first kappa shape index (κ1) is 23.0. The molecule has 0 bridgehead atoms. The van der Waals surface area contributed by atoms with E-state index in [1.54, 1.807) is 35.2 Å². The van der Waals surface area contributed by atoms with Crippen LogP contribution < -0.4 is 9.64 Å². The number of aliphatic hydroxyl groups is 1. The summed E-state index contributed by atoms with van der Waals surface area (Å²) in [7, 11) is 1.46. The number of benzene rings is 2. The number of hydrogen-bond donors (Lipinski definition) is 1. The van der Waals surface area contributed by atoms with Crippen LogP contribution in [0.1, 0.15) is 17.4 Å². The summed E-state index contributed by atoms with van der Waals surface area (Å²) >= 11 is 6.28. The molecule has 178 valence electrons. The summed E-state index contributed by atoms with van der Waals surface area (Å²) in [5.41, 5.74) is 2.11. The third kappa shape index (κ3) is 4.39. The second kappa shape index (κ2) is 9.49. The van der Waals surface area contributed by atoms with E-state index in [9.17, 15) is 9.90 Å². The van der Waals surface area contributed by atoms with E-state index in [1.807, 2.05) is 0 Å². The number of fused-ring (bicyclic) bond motifs is 1. The zero-order valence-electron chi connectivity index (χ0n) is 18.5. The quantitative estimate of drug-likeness (QED) is 0.449. The lowest BCUT2D eigenvalue weighted by Gasteiger charge is -2.27. The van der Waals surface area contributed by atoms with Crippen molar-refractivity contribution in [1.82, 2.24) is 20.2 Å². The van der Waals surface area contributed by atoms with Gasteiger partial charge in [0.25, 0.3) is 5.91 Å². The van der Waals surface area contributed by atoms with E-state index in [4.69, 9.17) is 21.1 Å². The molecule has 1 fully saturated rings. The molecule has 1 atom stereocenters. The van der Waals surface area contributed by atoms with E-state index >= 15 is 4.39 Å². The van der Waals surface area contributed by atoms with Crippen LogP contribution in [-0.4, -0.2) is 58.0 Å². The van der Waals surface area contributed by atoms with Gasteiger partial charge in [0.1, 0.15) is 24.9 Å². The van der Waals surface area contributed by atoms with Crippen LogP contribution in [0.4, 0.5) is 10.1 Å². The van der Waals surface area contributed by atoms with Gasteiger partial charge in [-0.15, -0.1) is 10.2 Å². The molecule has 4 aromatic rings. The number of rotatable bonds is 5. The molecule has 35 heavy (non-hydrogen) atoms. The molecule has 1 amide bonds. The molecule has 0 saturated carbocycles. The van der Waals surface area contributed by atoms with E-state index in [0.29, 0.717) is 35.4 Å². The van der Waals surface area contributed by atoms with Crippen LogP contribution in [0.2, 0.25) is 5.02 Å². The van der Waals surface area contributed by atoms with Crippen molar-refractivity contribution in [2.24, 2.45) is 0 Å². The molecule has 2 aromatic carbocycles. The molecule has 0 radical (unpaired) electrons. The Kier molecular flexibility index (Phi) is 6.25. The third-order valence-electron chi connectivity index (χ3n) is 5.70. The van der Waals surface area contributed by atoms with Crippen LogP contribution in [0.5, 0.6) is 5.88 Å². The van der Waals surface area contributed by atoms with Crippen molar-refractivity contribution in [3.63, 3.8) is 0 Å². The van der Waals surface area contributed by atoms with Gasteiger partial charge in [-0.3, -0.25) is 4.79 Å². The van der Waals surface area contributed by atoms with Gasteiger partial charge in [-0.1, -0.05) is 11.6 Å². The third-order valence-corrected chi connectivity index (χ3v) is 6.03. The van der Waals surface area contributed by atoms with Crippen molar-refractivity contribution >= 4 is 34.1 Å². The van der Waals surface area contributed by atoms with E-state index in [0.717, 1.165) is 6.07 Å². The van der Waals surface area contributed by atoms with Crippen LogP contribution in [0, 0.1) is 5.82 Å². The highest BCUT2D eigenvalue weighted by Crippen LogP contribution is 2.36. The van der Waals surface area contributed by atoms with Crippen molar-refractivity contribution in [3.8, 4) is 17.1 Å². The number of amides is 1. The normalized spacial score (nSPS) is 14.9. The topological polar surface area (TPSA) is 111 Å². The van der Waals surface area contributed by atoms with E-state index < -0.39 is 11.9 Å². The first-order valence-electron chi connectivity index (χ1n) is 10.6. The minimum atomic E-state index is -1.26. The van der Waals surface area contributed by atoms with Gasteiger partial charge in [-0.25, -0.2) is 14.4 Å². The number of hydrogen-bond acceptors (Lipinski definition) is 8. The number of ether oxygens (including phenoxy) is 2. The molecule has 3 heterocycles. The lowest BCUT2D eigenvalue weighted by atomic mass is 9.99. The Morgan fingerprint density at radius 3 is 2.77 bits per heavy atom. The Labute approximate surface area is 204 Å². The van der Waals surface area contributed by atoms with Crippen LogP contribution in [0.15, 0.2) is 48.8 Å². The number of carbonyl (C=O) groups is 1. The van der Waals surface area contributed by atoms with Gasteiger partial charge in [0, 0.05) is 39.8 Å². The lowest BCUT2D eigenvalue weighted by molar-refractivity contribution is -0.125. The molecule has 11 heteroatoms.